The van der Waals surface area contributed by atoms with Crippen LogP contribution in [0.15, 0.2) is 0 Å². The summed E-state index contributed by atoms with van der Waals surface area (Å²) in [5.74, 6) is 5.11. The van der Waals surface area contributed by atoms with Crippen LogP contribution in [0.3, 0.4) is 0 Å². The molecule has 0 amide bonds. The monoisotopic (exact) mass is 448 g/mol. The first kappa shape index (κ1) is 24.0. The SMILES string of the molecule is COC(=O)C1C2CC(C(C)C2C)C1C(=O)OC(C)(C)C.OCC1CC2C3CCC(C3)C2C1. The van der Waals surface area contributed by atoms with Crippen molar-refractivity contribution in [1.82, 2.24) is 0 Å². The number of aliphatic hydroxyl groups is 1. The molecule has 0 aromatic heterocycles. The molecular formula is C27H44O5. The highest BCUT2D eigenvalue weighted by Gasteiger charge is 2.61. The predicted octanol–water partition coefficient (Wildman–Crippen LogP) is 4.71. The van der Waals surface area contributed by atoms with E-state index in [9.17, 15) is 9.59 Å². The fourth-order valence-electron chi connectivity index (χ4n) is 8.43. The smallest absolute Gasteiger partial charge is 0.310 e. The van der Waals surface area contributed by atoms with Gasteiger partial charge in [0.2, 0.25) is 0 Å². The van der Waals surface area contributed by atoms with Crippen LogP contribution >= 0.6 is 0 Å². The van der Waals surface area contributed by atoms with Gasteiger partial charge in [-0.05, 0) is 113 Å². The average Bonchev–Trinajstić information content (AvgIpc) is 3.52. The van der Waals surface area contributed by atoms with Gasteiger partial charge in [0.05, 0.1) is 18.9 Å². The van der Waals surface area contributed by atoms with Gasteiger partial charge in [0.1, 0.15) is 5.60 Å². The maximum absolute atomic E-state index is 12.5. The molecule has 0 saturated heterocycles. The van der Waals surface area contributed by atoms with Gasteiger partial charge in [-0.15, -0.1) is 0 Å². The minimum absolute atomic E-state index is 0.237. The summed E-state index contributed by atoms with van der Waals surface area (Å²) in [6, 6.07) is 0. The molecular weight excluding hydrogens is 404 g/mol. The van der Waals surface area contributed by atoms with Crippen LogP contribution in [0.4, 0.5) is 0 Å². The van der Waals surface area contributed by atoms with Gasteiger partial charge in [-0.2, -0.15) is 0 Å². The van der Waals surface area contributed by atoms with Crippen molar-refractivity contribution in [1.29, 1.82) is 0 Å². The summed E-state index contributed by atoms with van der Waals surface area (Å²) in [6.45, 7) is 10.4. The van der Waals surface area contributed by atoms with Crippen molar-refractivity contribution in [2.24, 2.45) is 65.1 Å². The summed E-state index contributed by atoms with van der Waals surface area (Å²) in [6.07, 6.45) is 8.18. The molecule has 5 fully saturated rings. The number of fused-ring (bicyclic) bond motifs is 7. The minimum atomic E-state index is -0.519. The Morgan fingerprint density at radius 3 is 1.75 bits per heavy atom. The lowest BCUT2D eigenvalue weighted by atomic mass is 9.69. The third-order valence-electron chi connectivity index (χ3n) is 9.93. The zero-order valence-corrected chi connectivity index (χ0v) is 20.9. The van der Waals surface area contributed by atoms with E-state index in [1.807, 2.05) is 20.8 Å². The highest BCUT2D eigenvalue weighted by Crippen LogP contribution is 2.60. The minimum Gasteiger partial charge on any atom is -0.469 e. The first-order chi connectivity index (χ1) is 15.1. The second-order valence-electron chi connectivity index (χ2n) is 12.6. The van der Waals surface area contributed by atoms with Gasteiger partial charge < -0.3 is 14.6 Å². The van der Waals surface area contributed by atoms with E-state index in [-0.39, 0.29) is 35.6 Å². The van der Waals surface area contributed by atoms with E-state index in [0.29, 0.717) is 24.4 Å². The lowest BCUT2D eigenvalue weighted by Gasteiger charge is -2.36. The molecule has 10 unspecified atom stereocenters. The molecule has 1 N–H and O–H groups in total. The summed E-state index contributed by atoms with van der Waals surface area (Å²) in [4.78, 5) is 24.6. The van der Waals surface area contributed by atoms with Crippen molar-refractivity contribution in [2.75, 3.05) is 13.7 Å². The Balaban J connectivity index is 0.000000171. The number of rotatable bonds is 3. The number of esters is 2. The van der Waals surface area contributed by atoms with E-state index in [4.69, 9.17) is 14.6 Å². The van der Waals surface area contributed by atoms with E-state index < -0.39 is 5.60 Å². The van der Waals surface area contributed by atoms with E-state index in [0.717, 1.165) is 30.1 Å². The van der Waals surface area contributed by atoms with Gasteiger partial charge in [-0.25, -0.2) is 0 Å². The predicted molar refractivity (Wildman–Crippen MR) is 122 cm³/mol. The maximum atomic E-state index is 12.5. The Bertz CT molecular complexity index is 693. The molecule has 5 rings (SSSR count). The number of carbonyl (C=O) groups is 2. The molecule has 5 aliphatic rings. The average molecular weight is 449 g/mol. The molecule has 5 aliphatic carbocycles. The quantitative estimate of drug-likeness (QED) is 0.633. The Morgan fingerprint density at radius 1 is 0.812 bits per heavy atom. The first-order valence-electron chi connectivity index (χ1n) is 13.0. The molecule has 5 heteroatoms. The highest BCUT2D eigenvalue weighted by molar-refractivity contribution is 5.84. The molecule has 5 saturated carbocycles. The van der Waals surface area contributed by atoms with E-state index in [1.165, 1.54) is 39.2 Å². The van der Waals surface area contributed by atoms with Crippen LogP contribution in [0, 0.1) is 65.1 Å². The molecule has 5 nitrogen and oxygen atoms in total. The third-order valence-corrected chi connectivity index (χ3v) is 9.93. The number of methoxy groups -OCH3 is 1. The van der Waals surface area contributed by atoms with Gasteiger partial charge in [-0.3, -0.25) is 9.59 Å². The number of hydrogen-bond acceptors (Lipinski definition) is 5. The molecule has 0 heterocycles. The number of carbonyl (C=O) groups excluding carboxylic acids is 2. The molecule has 0 spiro atoms. The number of ether oxygens (including phenoxy) is 2. The second-order valence-corrected chi connectivity index (χ2v) is 12.6. The molecule has 0 aromatic carbocycles. The van der Waals surface area contributed by atoms with Crippen LogP contribution in [0.25, 0.3) is 0 Å². The largest absolute Gasteiger partial charge is 0.469 e. The van der Waals surface area contributed by atoms with Gasteiger partial charge in [0, 0.05) is 6.61 Å². The summed E-state index contributed by atoms with van der Waals surface area (Å²) < 4.78 is 10.5. The van der Waals surface area contributed by atoms with Crippen LogP contribution in [0.5, 0.6) is 0 Å². The Hall–Kier alpha value is -1.10. The molecule has 0 aliphatic heterocycles. The number of aliphatic hydroxyl groups excluding tert-OH is 1. The van der Waals surface area contributed by atoms with Crippen molar-refractivity contribution in [3.05, 3.63) is 0 Å². The van der Waals surface area contributed by atoms with Crippen LogP contribution in [-0.2, 0) is 19.1 Å². The third kappa shape index (κ3) is 4.23. The highest BCUT2D eigenvalue weighted by atomic mass is 16.6. The van der Waals surface area contributed by atoms with Gasteiger partial charge >= 0.3 is 11.9 Å². The summed E-state index contributed by atoms with van der Waals surface area (Å²) >= 11 is 0. The fourth-order valence-corrected chi connectivity index (χ4v) is 8.43. The topological polar surface area (TPSA) is 72.8 Å². The Morgan fingerprint density at radius 2 is 1.31 bits per heavy atom. The normalized spacial score (nSPS) is 45.9. The van der Waals surface area contributed by atoms with Gasteiger partial charge in [0.15, 0.2) is 0 Å². The lowest BCUT2D eigenvalue weighted by Crippen LogP contribution is -2.43. The van der Waals surface area contributed by atoms with E-state index >= 15 is 0 Å². The molecule has 32 heavy (non-hydrogen) atoms. The van der Waals surface area contributed by atoms with Crippen molar-refractivity contribution in [3.63, 3.8) is 0 Å². The molecule has 0 aromatic rings. The zero-order valence-electron chi connectivity index (χ0n) is 20.9. The second kappa shape index (κ2) is 8.92. The fraction of sp³-hybridized carbons (Fsp3) is 0.926. The molecule has 4 bridgehead atoms. The summed E-state index contributed by atoms with van der Waals surface area (Å²) in [5.41, 5.74) is -0.519. The van der Waals surface area contributed by atoms with Crippen LogP contribution in [0.1, 0.15) is 73.1 Å². The van der Waals surface area contributed by atoms with Crippen molar-refractivity contribution >= 4 is 11.9 Å². The molecule has 0 radical (unpaired) electrons. The lowest BCUT2D eigenvalue weighted by molar-refractivity contribution is -0.172. The van der Waals surface area contributed by atoms with Gasteiger partial charge in [0.25, 0.3) is 0 Å². The first-order valence-corrected chi connectivity index (χ1v) is 13.0. The number of hydrogen-bond donors (Lipinski definition) is 1. The summed E-state index contributed by atoms with van der Waals surface area (Å²) in [5, 5.41) is 9.11. The van der Waals surface area contributed by atoms with Crippen molar-refractivity contribution < 1.29 is 24.2 Å². The van der Waals surface area contributed by atoms with E-state index in [1.54, 1.807) is 0 Å². The van der Waals surface area contributed by atoms with Crippen molar-refractivity contribution in [3.8, 4) is 0 Å². The molecule has 10 atom stereocenters. The molecule has 182 valence electrons. The zero-order chi connectivity index (χ0) is 23.4. The van der Waals surface area contributed by atoms with Crippen LogP contribution in [-0.4, -0.2) is 36.4 Å². The van der Waals surface area contributed by atoms with Crippen molar-refractivity contribution in [2.45, 2.75) is 78.7 Å². The van der Waals surface area contributed by atoms with Gasteiger partial charge in [-0.1, -0.05) is 13.8 Å². The van der Waals surface area contributed by atoms with E-state index in [2.05, 4.69) is 13.8 Å². The maximum Gasteiger partial charge on any atom is 0.310 e. The van der Waals surface area contributed by atoms with Crippen LogP contribution in [0.2, 0.25) is 0 Å². The Labute approximate surface area is 194 Å². The summed E-state index contributed by atoms with van der Waals surface area (Å²) in [7, 11) is 1.40. The van der Waals surface area contributed by atoms with Crippen LogP contribution < -0.4 is 0 Å². The Kier molecular flexibility index (Phi) is 6.70. The standard InChI is InChI=1S/C16H26O4.C11H18O/c1-8-9(2)11-7-10(8)12(14(17)19-6)13(11)15(18)20-16(3,4)5;12-6-7-3-10-8-1-2-9(5-8)11(10)4-7/h8-13H,7H2,1-6H3;7-12H,1-6H2.